The Morgan fingerprint density at radius 2 is 2.07 bits per heavy atom. The number of halogens is 1. The minimum atomic E-state index is 0.815. The molecule has 0 aliphatic heterocycles. The third-order valence-corrected chi connectivity index (χ3v) is 2.71. The lowest BCUT2D eigenvalue weighted by Gasteiger charge is -2.08. The molecule has 0 aromatic heterocycles. The van der Waals surface area contributed by atoms with Crippen LogP contribution in [0, 0.1) is 6.92 Å². The van der Waals surface area contributed by atoms with E-state index in [0.29, 0.717) is 0 Å². The molecule has 0 saturated heterocycles. The Balaban J connectivity index is 2.42. The third kappa shape index (κ3) is 3.70. The second kappa shape index (κ2) is 6.07. The van der Waals surface area contributed by atoms with Crippen LogP contribution in [0.15, 0.2) is 22.7 Å². The molecular formula is C12H17BrO. The molecule has 0 bridgehead atoms. The first-order chi connectivity index (χ1) is 6.74. The highest BCUT2D eigenvalue weighted by atomic mass is 79.9. The minimum Gasteiger partial charge on any atom is -0.492 e. The van der Waals surface area contributed by atoms with Gasteiger partial charge in [-0.2, -0.15) is 0 Å². The fraction of sp³-hybridized carbons (Fsp3) is 0.500. The van der Waals surface area contributed by atoms with Crippen LogP contribution in [-0.2, 0) is 0 Å². The van der Waals surface area contributed by atoms with Gasteiger partial charge in [0.05, 0.1) is 11.1 Å². The molecule has 0 heterocycles. The molecule has 1 rings (SSSR count). The highest BCUT2D eigenvalue weighted by Gasteiger charge is 1.99. The molecule has 0 N–H and O–H groups in total. The maximum absolute atomic E-state index is 5.65. The monoisotopic (exact) mass is 256 g/mol. The molecule has 0 amide bonds. The molecule has 0 fully saturated rings. The molecule has 78 valence electrons. The quantitative estimate of drug-likeness (QED) is 0.713. The van der Waals surface area contributed by atoms with E-state index in [9.17, 15) is 0 Å². The van der Waals surface area contributed by atoms with Crippen molar-refractivity contribution in [3.63, 3.8) is 0 Å². The van der Waals surface area contributed by atoms with Crippen LogP contribution in [0.1, 0.15) is 31.7 Å². The molecule has 1 nitrogen and oxygen atoms in total. The fourth-order valence-electron chi connectivity index (χ4n) is 1.26. The van der Waals surface area contributed by atoms with Crippen LogP contribution >= 0.6 is 15.9 Å². The molecule has 1 aromatic carbocycles. The Morgan fingerprint density at radius 3 is 2.71 bits per heavy atom. The van der Waals surface area contributed by atoms with Crippen LogP contribution < -0.4 is 4.74 Å². The van der Waals surface area contributed by atoms with Crippen molar-refractivity contribution < 1.29 is 4.74 Å². The number of unbranched alkanes of at least 4 members (excludes halogenated alkanes) is 2. The Morgan fingerprint density at radius 1 is 1.29 bits per heavy atom. The van der Waals surface area contributed by atoms with Gasteiger partial charge in [-0.1, -0.05) is 25.8 Å². The van der Waals surface area contributed by atoms with E-state index >= 15 is 0 Å². The van der Waals surface area contributed by atoms with Crippen molar-refractivity contribution in [3.05, 3.63) is 28.2 Å². The largest absolute Gasteiger partial charge is 0.492 e. The van der Waals surface area contributed by atoms with Crippen molar-refractivity contribution in [1.82, 2.24) is 0 Å². The Hall–Kier alpha value is -0.500. The standard InChI is InChI=1S/C12H17BrO/c1-3-4-5-8-14-12-7-6-10(2)9-11(12)13/h6-7,9H,3-5,8H2,1-2H3. The van der Waals surface area contributed by atoms with Crippen LogP contribution in [0.25, 0.3) is 0 Å². The Bertz CT molecular complexity index is 284. The van der Waals surface area contributed by atoms with Crippen molar-refractivity contribution in [2.45, 2.75) is 33.1 Å². The van der Waals surface area contributed by atoms with E-state index in [-0.39, 0.29) is 0 Å². The third-order valence-electron chi connectivity index (χ3n) is 2.09. The van der Waals surface area contributed by atoms with Crippen molar-refractivity contribution in [1.29, 1.82) is 0 Å². The zero-order valence-corrected chi connectivity index (χ0v) is 10.4. The van der Waals surface area contributed by atoms with E-state index in [1.54, 1.807) is 0 Å². The van der Waals surface area contributed by atoms with Crippen LogP contribution in [0.4, 0.5) is 0 Å². The number of rotatable bonds is 5. The number of hydrogen-bond acceptors (Lipinski definition) is 1. The van der Waals surface area contributed by atoms with E-state index in [1.165, 1.54) is 18.4 Å². The fourth-order valence-corrected chi connectivity index (χ4v) is 1.86. The van der Waals surface area contributed by atoms with Crippen LogP contribution in [0.5, 0.6) is 5.75 Å². The molecule has 0 spiro atoms. The first kappa shape index (κ1) is 11.6. The Labute approximate surface area is 94.6 Å². The van der Waals surface area contributed by atoms with Crippen LogP contribution in [0.2, 0.25) is 0 Å². The maximum Gasteiger partial charge on any atom is 0.133 e. The summed E-state index contributed by atoms with van der Waals surface area (Å²) in [4.78, 5) is 0. The minimum absolute atomic E-state index is 0.815. The smallest absolute Gasteiger partial charge is 0.133 e. The zero-order valence-electron chi connectivity index (χ0n) is 8.85. The second-order valence-electron chi connectivity index (χ2n) is 3.49. The molecular weight excluding hydrogens is 240 g/mol. The van der Waals surface area contributed by atoms with Crippen molar-refractivity contribution in [2.75, 3.05) is 6.61 Å². The predicted octanol–water partition coefficient (Wildman–Crippen LogP) is 4.33. The summed E-state index contributed by atoms with van der Waals surface area (Å²) < 4.78 is 6.70. The second-order valence-corrected chi connectivity index (χ2v) is 4.34. The molecule has 0 atom stereocenters. The van der Waals surface area contributed by atoms with E-state index in [0.717, 1.165) is 23.2 Å². The van der Waals surface area contributed by atoms with Gasteiger partial charge in [0.15, 0.2) is 0 Å². The first-order valence-electron chi connectivity index (χ1n) is 5.13. The molecule has 0 unspecified atom stereocenters. The van der Waals surface area contributed by atoms with Crippen molar-refractivity contribution in [3.8, 4) is 5.75 Å². The van der Waals surface area contributed by atoms with Gasteiger partial charge >= 0.3 is 0 Å². The van der Waals surface area contributed by atoms with Gasteiger partial charge in [0.25, 0.3) is 0 Å². The van der Waals surface area contributed by atoms with Gasteiger partial charge in [-0.25, -0.2) is 0 Å². The number of aryl methyl sites for hydroxylation is 1. The molecule has 1 aromatic rings. The number of ether oxygens (including phenoxy) is 1. The van der Waals surface area contributed by atoms with Gasteiger partial charge < -0.3 is 4.74 Å². The number of benzene rings is 1. The summed E-state index contributed by atoms with van der Waals surface area (Å²) in [5.41, 5.74) is 1.25. The average Bonchev–Trinajstić information content (AvgIpc) is 2.15. The molecule has 2 heteroatoms. The maximum atomic E-state index is 5.65. The summed E-state index contributed by atoms with van der Waals surface area (Å²) in [5, 5.41) is 0. The summed E-state index contributed by atoms with van der Waals surface area (Å²) in [6, 6.07) is 6.17. The summed E-state index contributed by atoms with van der Waals surface area (Å²) in [6.07, 6.45) is 3.61. The van der Waals surface area contributed by atoms with Gasteiger partial charge in [-0.3, -0.25) is 0 Å². The van der Waals surface area contributed by atoms with Gasteiger partial charge in [0.1, 0.15) is 5.75 Å². The first-order valence-corrected chi connectivity index (χ1v) is 5.92. The van der Waals surface area contributed by atoms with Crippen molar-refractivity contribution in [2.24, 2.45) is 0 Å². The van der Waals surface area contributed by atoms with Gasteiger partial charge in [-0.05, 0) is 47.0 Å². The summed E-state index contributed by atoms with van der Waals surface area (Å²) in [7, 11) is 0. The van der Waals surface area contributed by atoms with Gasteiger partial charge in [-0.15, -0.1) is 0 Å². The van der Waals surface area contributed by atoms with E-state index in [4.69, 9.17) is 4.74 Å². The molecule has 0 aliphatic carbocycles. The molecule has 0 radical (unpaired) electrons. The molecule has 14 heavy (non-hydrogen) atoms. The van der Waals surface area contributed by atoms with E-state index in [1.807, 2.05) is 6.07 Å². The summed E-state index contributed by atoms with van der Waals surface area (Å²) in [5.74, 6) is 0.951. The van der Waals surface area contributed by atoms with E-state index in [2.05, 4.69) is 41.9 Å². The van der Waals surface area contributed by atoms with Crippen LogP contribution in [0.3, 0.4) is 0 Å². The van der Waals surface area contributed by atoms with Crippen molar-refractivity contribution >= 4 is 15.9 Å². The summed E-state index contributed by atoms with van der Waals surface area (Å²) >= 11 is 3.49. The average molecular weight is 257 g/mol. The highest BCUT2D eigenvalue weighted by molar-refractivity contribution is 9.10. The Kier molecular flexibility index (Phi) is 5.02. The lowest BCUT2D eigenvalue weighted by atomic mass is 10.2. The highest BCUT2D eigenvalue weighted by Crippen LogP contribution is 2.25. The SMILES string of the molecule is CCCCCOc1ccc(C)cc1Br. The van der Waals surface area contributed by atoms with E-state index < -0.39 is 0 Å². The predicted molar refractivity (Wildman–Crippen MR) is 63.9 cm³/mol. The lowest BCUT2D eigenvalue weighted by Crippen LogP contribution is -1.97. The number of hydrogen-bond donors (Lipinski definition) is 0. The van der Waals surface area contributed by atoms with Gasteiger partial charge in [0, 0.05) is 0 Å². The molecule has 0 saturated carbocycles. The topological polar surface area (TPSA) is 9.23 Å². The van der Waals surface area contributed by atoms with Crippen LogP contribution in [-0.4, -0.2) is 6.61 Å². The zero-order chi connectivity index (χ0) is 10.4. The summed E-state index contributed by atoms with van der Waals surface area (Å²) in [6.45, 7) is 5.09. The van der Waals surface area contributed by atoms with Gasteiger partial charge in [0.2, 0.25) is 0 Å². The normalized spacial score (nSPS) is 10.2. The lowest BCUT2D eigenvalue weighted by molar-refractivity contribution is 0.304. The molecule has 0 aliphatic rings.